The van der Waals surface area contributed by atoms with Gasteiger partial charge in [0.15, 0.2) is 0 Å². The number of imidazole rings is 1. The number of amides is 1. The predicted molar refractivity (Wildman–Crippen MR) is 111 cm³/mol. The number of aromatic hydroxyl groups is 1. The van der Waals surface area contributed by atoms with Crippen LogP contribution in [-0.4, -0.2) is 38.6 Å². The van der Waals surface area contributed by atoms with E-state index in [2.05, 4.69) is 4.98 Å². The number of carbonyl (C=O) groups excluding carboxylic acids is 1. The third kappa shape index (κ3) is 3.19. The zero-order valence-electron chi connectivity index (χ0n) is 17.4. The Hall–Kier alpha value is -3.22. The molecule has 1 N–H and O–H groups in total. The van der Waals surface area contributed by atoms with Crippen LogP contribution in [0.15, 0.2) is 42.6 Å². The molecule has 1 aliphatic heterocycles. The summed E-state index contributed by atoms with van der Waals surface area (Å²) in [5.41, 5.74) is 2.66. The predicted octanol–water partition coefficient (Wildman–Crippen LogP) is 4.49. The number of aromatic nitrogens is 2. The van der Waals surface area contributed by atoms with E-state index in [0.29, 0.717) is 13.1 Å². The normalized spacial score (nSPS) is 17.5. The van der Waals surface area contributed by atoms with Crippen molar-refractivity contribution in [1.82, 2.24) is 14.5 Å². The second kappa shape index (κ2) is 6.90. The van der Waals surface area contributed by atoms with Crippen LogP contribution in [-0.2, 0) is 0 Å². The number of benzene rings is 2. The molecule has 0 unspecified atom stereocenters. The first kappa shape index (κ1) is 19.7. The van der Waals surface area contributed by atoms with E-state index in [0.717, 1.165) is 41.7 Å². The van der Waals surface area contributed by atoms with Crippen molar-refractivity contribution in [1.29, 1.82) is 0 Å². The zero-order valence-corrected chi connectivity index (χ0v) is 17.4. The number of phenols is 1. The summed E-state index contributed by atoms with van der Waals surface area (Å²) in [6, 6.07) is 8.27. The summed E-state index contributed by atoms with van der Waals surface area (Å²) in [5.74, 6) is -0.282. The molecular weight excluding hydrogens is 400 g/mol. The van der Waals surface area contributed by atoms with E-state index in [1.807, 2.05) is 24.6 Å². The molecule has 5 nitrogen and oxygen atoms in total. The largest absolute Gasteiger partial charge is 0.508 e. The topological polar surface area (TPSA) is 58.4 Å². The highest BCUT2D eigenvalue weighted by Gasteiger charge is 2.55. The van der Waals surface area contributed by atoms with Gasteiger partial charge in [0, 0.05) is 36.3 Å². The van der Waals surface area contributed by atoms with Gasteiger partial charge < -0.3 is 14.6 Å². The van der Waals surface area contributed by atoms with Crippen LogP contribution in [0.5, 0.6) is 5.75 Å². The number of carbonyl (C=O) groups is 1. The molecule has 160 valence electrons. The molecule has 5 rings (SSSR count). The number of aryl methyl sites for hydroxylation is 2. The lowest BCUT2D eigenvalue weighted by Gasteiger charge is -2.58. The number of likely N-dealkylation sites (tertiary alicyclic amines) is 1. The Morgan fingerprint density at radius 2 is 1.87 bits per heavy atom. The Labute approximate surface area is 179 Å². The Morgan fingerprint density at radius 3 is 2.61 bits per heavy atom. The van der Waals surface area contributed by atoms with Crippen molar-refractivity contribution in [2.75, 3.05) is 13.1 Å². The van der Waals surface area contributed by atoms with Gasteiger partial charge in [0.05, 0.1) is 11.3 Å². The van der Waals surface area contributed by atoms with Gasteiger partial charge in [-0.1, -0.05) is 6.07 Å². The van der Waals surface area contributed by atoms with Gasteiger partial charge in [0.2, 0.25) is 0 Å². The Bertz CT molecular complexity index is 1190. The van der Waals surface area contributed by atoms with Crippen molar-refractivity contribution in [3.05, 3.63) is 76.9 Å². The molecule has 1 amide bonds. The maximum absolute atomic E-state index is 14.0. The number of hydrogen-bond donors (Lipinski definition) is 1. The summed E-state index contributed by atoms with van der Waals surface area (Å²) in [6.07, 6.45) is 3.57. The quantitative estimate of drug-likeness (QED) is 0.675. The molecule has 0 atom stereocenters. The molecule has 1 aromatic heterocycles. The maximum atomic E-state index is 14.0. The van der Waals surface area contributed by atoms with Crippen LogP contribution in [0, 0.1) is 30.9 Å². The van der Waals surface area contributed by atoms with E-state index in [4.69, 9.17) is 0 Å². The summed E-state index contributed by atoms with van der Waals surface area (Å²) < 4.78 is 29.9. The van der Waals surface area contributed by atoms with Gasteiger partial charge in [-0.05, 0) is 62.6 Å². The fourth-order valence-corrected chi connectivity index (χ4v) is 5.06. The van der Waals surface area contributed by atoms with Crippen molar-refractivity contribution in [3.8, 4) is 11.4 Å². The number of hydrogen-bond acceptors (Lipinski definition) is 3. The van der Waals surface area contributed by atoms with E-state index >= 15 is 0 Å². The SMILES string of the molecule is Cc1ccc(F)cc1-n1c(C)cnc1C1CC2(C1)CN(C(=O)c1cc(O)ccc1F)C2. The van der Waals surface area contributed by atoms with Crippen LogP contribution in [0.1, 0.15) is 46.2 Å². The second-order valence-corrected chi connectivity index (χ2v) is 8.95. The average molecular weight is 423 g/mol. The zero-order chi connectivity index (χ0) is 21.9. The molecule has 2 heterocycles. The molecule has 3 aromatic rings. The summed E-state index contributed by atoms with van der Waals surface area (Å²) in [5, 5.41) is 9.57. The summed E-state index contributed by atoms with van der Waals surface area (Å²) in [7, 11) is 0. The molecule has 2 aromatic carbocycles. The van der Waals surface area contributed by atoms with E-state index < -0.39 is 11.7 Å². The monoisotopic (exact) mass is 423 g/mol. The van der Waals surface area contributed by atoms with E-state index in [1.54, 1.807) is 11.0 Å². The van der Waals surface area contributed by atoms with Crippen molar-refractivity contribution in [2.45, 2.75) is 32.6 Å². The molecule has 2 aliphatic rings. The standard InChI is InChI=1S/C24H23F2N3O2/c1-14-3-4-17(25)7-21(14)29-15(2)11-27-22(29)16-9-24(10-16)12-28(13-24)23(31)19-8-18(30)5-6-20(19)26/h3-8,11,16,30H,9-10,12-13H2,1-2H3. The second-order valence-electron chi connectivity index (χ2n) is 8.95. The first-order valence-corrected chi connectivity index (χ1v) is 10.3. The molecule has 1 saturated carbocycles. The number of rotatable bonds is 3. The molecule has 1 saturated heterocycles. The third-order valence-corrected chi connectivity index (χ3v) is 6.62. The Balaban J connectivity index is 1.30. The van der Waals surface area contributed by atoms with Gasteiger partial charge in [-0.3, -0.25) is 4.79 Å². The van der Waals surface area contributed by atoms with Gasteiger partial charge in [-0.2, -0.15) is 0 Å². The van der Waals surface area contributed by atoms with Crippen LogP contribution in [0.2, 0.25) is 0 Å². The first-order valence-electron chi connectivity index (χ1n) is 10.3. The maximum Gasteiger partial charge on any atom is 0.257 e. The van der Waals surface area contributed by atoms with Crippen molar-refractivity contribution < 1.29 is 18.7 Å². The Kier molecular flexibility index (Phi) is 4.39. The number of nitrogens with zero attached hydrogens (tertiary/aromatic N) is 3. The lowest BCUT2D eigenvalue weighted by atomic mass is 9.57. The van der Waals surface area contributed by atoms with Crippen molar-refractivity contribution >= 4 is 5.91 Å². The fourth-order valence-electron chi connectivity index (χ4n) is 5.06. The summed E-state index contributed by atoms with van der Waals surface area (Å²) in [6.45, 7) is 5.05. The molecule has 1 spiro atoms. The highest BCUT2D eigenvalue weighted by molar-refractivity contribution is 5.95. The third-order valence-electron chi connectivity index (χ3n) is 6.62. The van der Waals surface area contributed by atoms with Gasteiger partial charge >= 0.3 is 0 Å². The highest BCUT2D eigenvalue weighted by atomic mass is 19.1. The summed E-state index contributed by atoms with van der Waals surface area (Å²) >= 11 is 0. The fraction of sp³-hybridized carbons (Fsp3) is 0.333. The van der Waals surface area contributed by atoms with Gasteiger partial charge in [-0.25, -0.2) is 13.8 Å². The van der Waals surface area contributed by atoms with Crippen LogP contribution in [0.3, 0.4) is 0 Å². The van der Waals surface area contributed by atoms with Crippen LogP contribution in [0.4, 0.5) is 8.78 Å². The minimum absolute atomic E-state index is 0.0231. The van der Waals surface area contributed by atoms with Gasteiger partial charge in [0.25, 0.3) is 5.91 Å². The van der Waals surface area contributed by atoms with E-state index in [9.17, 15) is 18.7 Å². The molecule has 2 fully saturated rings. The average Bonchev–Trinajstić information content (AvgIpc) is 3.04. The molecule has 7 heteroatoms. The molecule has 0 radical (unpaired) electrons. The number of halogens is 2. The Morgan fingerprint density at radius 1 is 1.13 bits per heavy atom. The summed E-state index contributed by atoms with van der Waals surface area (Å²) in [4.78, 5) is 18.9. The minimum Gasteiger partial charge on any atom is -0.508 e. The van der Waals surface area contributed by atoms with Crippen LogP contribution < -0.4 is 0 Å². The van der Waals surface area contributed by atoms with Crippen molar-refractivity contribution in [2.24, 2.45) is 5.41 Å². The smallest absolute Gasteiger partial charge is 0.257 e. The number of phenolic OH excluding ortho intramolecular Hbond substituents is 1. The highest BCUT2D eigenvalue weighted by Crippen LogP contribution is 2.56. The van der Waals surface area contributed by atoms with E-state index in [-0.39, 0.29) is 28.5 Å². The molecule has 1 aliphatic carbocycles. The minimum atomic E-state index is -0.627. The van der Waals surface area contributed by atoms with Gasteiger partial charge in [0.1, 0.15) is 23.2 Å². The lowest BCUT2D eigenvalue weighted by molar-refractivity contribution is -0.0574. The molecule has 0 bridgehead atoms. The van der Waals surface area contributed by atoms with Gasteiger partial charge in [-0.15, -0.1) is 0 Å². The van der Waals surface area contributed by atoms with Crippen molar-refractivity contribution in [3.63, 3.8) is 0 Å². The molecule has 31 heavy (non-hydrogen) atoms. The van der Waals surface area contributed by atoms with E-state index in [1.165, 1.54) is 24.3 Å². The molecular formula is C24H23F2N3O2. The van der Waals surface area contributed by atoms with Crippen LogP contribution in [0.25, 0.3) is 5.69 Å². The first-order chi connectivity index (χ1) is 14.8. The van der Waals surface area contributed by atoms with Crippen LogP contribution >= 0.6 is 0 Å². The lowest BCUT2D eigenvalue weighted by Crippen LogP contribution is -2.63.